The fraction of sp³-hybridized carbons (Fsp3) is 0.500. The lowest BCUT2D eigenvalue weighted by Crippen LogP contribution is -2.27. The van der Waals surface area contributed by atoms with Crippen molar-refractivity contribution in [2.45, 2.75) is 25.2 Å². The summed E-state index contributed by atoms with van der Waals surface area (Å²) >= 11 is 0. The van der Waals surface area contributed by atoms with Gasteiger partial charge in [-0.25, -0.2) is 0 Å². The molecule has 1 aromatic carbocycles. The van der Waals surface area contributed by atoms with Gasteiger partial charge in [-0.15, -0.1) is 0 Å². The van der Waals surface area contributed by atoms with Crippen LogP contribution in [-0.4, -0.2) is 25.0 Å². The van der Waals surface area contributed by atoms with Gasteiger partial charge >= 0.3 is 0 Å². The average Bonchev–Trinajstić information content (AvgIpc) is 2.30. The molecular formula is C14H18N2. The molecule has 0 aliphatic heterocycles. The van der Waals surface area contributed by atoms with E-state index >= 15 is 0 Å². The smallest absolute Gasteiger partial charge is 0.0863 e. The molecule has 0 saturated carbocycles. The summed E-state index contributed by atoms with van der Waals surface area (Å²) in [5.41, 5.74) is 3.00. The minimum Gasteiger partial charge on any atom is -0.293 e. The Labute approximate surface area is 97.5 Å². The number of likely N-dealkylation sites (N-methyl/N-ethyl adjacent to an activating group) is 1. The lowest BCUT2D eigenvalue weighted by atomic mass is 9.82. The molecule has 0 amide bonds. The number of rotatable bonds is 3. The Bertz CT molecular complexity index is 392. The van der Waals surface area contributed by atoms with Crippen molar-refractivity contribution < 1.29 is 0 Å². The van der Waals surface area contributed by atoms with Crippen LogP contribution >= 0.6 is 0 Å². The van der Waals surface area contributed by atoms with Gasteiger partial charge in [-0.1, -0.05) is 24.3 Å². The Morgan fingerprint density at radius 3 is 3.06 bits per heavy atom. The largest absolute Gasteiger partial charge is 0.293 e. The van der Waals surface area contributed by atoms with Crippen molar-refractivity contribution in [1.82, 2.24) is 4.90 Å². The molecule has 1 atom stereocenters. The number of hydrogen-bond donors (Lipinski definition) is 0. The monoisotopic (exact) mass is 214 g/mol. The molecule has 0 bridgehead atoms. The minimum atomic E-state index is 0.526. The Balaban J connectivity index is 2.10. The third-order valence-electron chi connectivity index (χ3n) is 3.37. The van der Waals surface area contributed by atoms with Crippen LogP contribution in [0.2, 0.25) is 0 Å². The van der Waals surface area contributed by atoms with Crippen LogP contribution in [0.4, 0.5) is 0 Å². The van der Waals surface area contributed by atoms with Crippen molar-refractivity contribution >= 4 is 0 Å². The van der Waals surface area contributed by atoms with E-state index in [-0.39, 0.29) is 0 Å². The average molecular weight is 214 g/mol. The molecule has 1 aliphatic rings. The molecule has 1 aromatic rings. The molecular weight excluding hydrogens is 196 g/mol. The maximum absolute atomic E-state index is 8.67. The lowest BCUT2D eigenvalue weighted by Gasteiger charge is -2.28. The molecule has 84 valence electrons. The molecule has 0 N–H and O–H groups in total. The van der Waals surface area contributed by atoms with Crippen molar-refractivity contribution in [3.63, 3.8) is 0 Å². The molecule has 0 heterocycles. The van der Waals surface area contributed by atoms with Crippen LogP contribution in [0.1, 0.15) is 29.9 Å². The van der Waals surface area contributed by atoms with Crippen molar-refractivity contribution in [1.29, 1.82) is 5.26 Å². The molecule has 1 unspecified atom stereocenters. The summed E-state index contributed by atoms with van der Waals surface area (Å²) in [5, 5.41) is 8.67. The highest BCUT2D eigenvalue weighted by Crippen LogP contribution is 2.31. The summed E-state index contributed by atoms with van der Waals surface area (Å²) < 4.78 is 0. The number of nitrogens with zero attached hydrogens (tertiary/aromatic N) is 2. The van der Waals surface area contributed by atoms with Crippen LogP contribution in [-0.2, 0) is 6.42 Å². The molecule has 0 fully saturated rings. The van der Waals surface area contributed by atoms with Crippen molar-refractivity contribution in [3.8, 4) is 6.07 Å². The fourth-order valence-corrected chi connectivity index (χ4v) is 2.61. The van der Waals surface area contributed by atoms with Gasteiger partial charge in [0.25, 0.3) is 0 Å². The molecule has 2 heteroatoms. The number of hydrogen-bond acceptors (Lipinski definition) is 2. The first-order valence-electron chi connectivity index (χ1n) is 5.94. The normalized spacial score (nSPS) is 19.2. The number of aryl methyl sites for hydroxylation is 1. The number of fused-ring (bicyclic) bond motifs is 1. The van der Waals surface area contributed by atoms with Gasteiger partial charge in [-0.2, -0.15) is 5.26 Å². The molecule has 2 nitrogen and oxygen atoms in total. The van der Waals surface area contributed by atoms with E-state index in [9.17, 15) is 0 Å². The van der Waals surface area contributed by atoms with Gasteiger partial charge in [-0.05, 0) is 43.4 Å². The predicted octanol–water partition coefficient (Wildman–Crippen LogP) is 2.56. The maximum Gasteiger partial charge on any atom is 0.0863 e. The standard InChI is InChI=1S/C14H18N2/c1-16(10-9-15)11-13-7-4-6-12-5-2-3-8-14(12)13/h2-3,5,8,13H,4,6-7,10-11H2,1H3. The molecule has 1 aliphatic carbocycles. The molecule has 0 aromatic heterocycles. The highest BCUT2D eigenvalue weighted by atomic mass is 15.1. The van der Waals surface area contributed by atoms with E-state index in [1.165, 1.54) is 30.4 Å². The van der Waals surface area contributed by atoms with Gasteiger partial charge < -0.3 is 0 Å². The first-order valence-corrected chi connectivity index (χ1v) is 5.94. The van der Waals surface area contributed by atoms with Gasteiger partial charge in [0.2, 0.25) is 0 Å². The maximum atomic E-state index is 8.67. The Morgan fingerprint density at radius 2 is 2.25 bits per heavy atom. The third-order valence-corrected chi connectivity index (χ3v) is 3.37. The van der Waals surface area contributed by atoms with E-state index in [2.05, 4.69) is 35.2 Å². The van der Waals surface area contributed by atoms with Crippen LogP contribution in [0.25, 0.3) is 0 Å². The Morgan fingerprint density at radius 1 is 1.44 bits per heavy atom. The van der Waals surface area contributed by atoms with E-state index in [4.69, 9.17) is 5.26 Å². The lowest BCUT2D eigenvalue weighted by molar-refractivity contribution is 0.327. The van der Waals surface area contributed by atoms with Crippen LogP contribution in [0.5, 0.6) is 0 Å². The van der Waals surface area contributed by atoms with Gasteiger partial charge in [0, 0.05) is 6.54 Å². The van der Waals surface area contributed by atoms with E-state index in [1.54, 1.807) is 0 Å². The molecule has 0 spiro atoms. The summed E-state index contributed by atoms with van der Waals surface area (Å²) in [5.74, 6) is 0.614. The minimum absolute atomic E-state index is 0.526. The SMILES string of the molecule is CN(CC#N)CC1CCCc2ccccc21. The van der Waals surface area contributed by atoms with Gasteiger partial charge in [-0.3, -0.25) is 4.90 Å². The van der Waals surface area contributed by atoms with Gasteiger partial charge in [0.1, 0.15) is 0 Å². The fourth-order valence-electron chi connectivity index (χ4n) is 2.61. The van der Waals surface area contributed by atoms with Gasteiger partial charge in [0.05, 0.1) is 12.6 Å². The summed E-state index contributed by atoms with van der Waals surface area (Å²) in [4.78, 5) is 2.12. The van der Waals surface area contributed by atoms with E-state index in [0.29, 0.717) is 12.5 Å². The van der Waals surface area contributed by atoms with E-state index in [1.807, 2.05) is 7.05 Å². The van der Waals surface area contributed by atoms with E-state index < -0.39 is 0 Å². The highest BCUT2D eigenvalue weighted by Gasteiger charge is 2.20. The van der Waals surface area contributed by atoms with Gasteiger partial charge in [0.15, 0.2) is 0 Å². The van der Waals surface area contributed by atoms with Crippen LogP contribution in [0.3, 0.4) is 0 Å². The summed E-state index contributed by atoms with van der Waals surface area (Å²) in [6.07, 6.45) is 3.75. The molecule has 0 saturated heterocycles. The first kappa shape index (κ1) is 11.2. The second-order valence-electron chi connectivity index (χ2n) is 4.64. The zero-order valence-electron chi connectivity index (χ0n) is 9.82. The quantitative estimate of drug-likeness (QED) is 0.723. The zero-order valence-corrected chi connectivity index (χ0v) is 9.82. The van der Waals surface area contributed by atoms with Crippen LogP contribution in [0.15, 0.2) is 24.3 Å². The summed E-state index contributed by atoms with van der Waals surface area (Å²) in [6, 6.07) is 10.9. The molecule has 2 rings (SSSR count). The third kappa shape index (κ3) is 2.43. The molecule has 0 radical (unpaired) electrons. The number of benzene rings is 1. The highest BCUT2D eigenvalue weighted by molar-refractivity contribution is 5.32. The van der Waals surface area contributed by atoms with Crippen LogP contribution in [0, 0.1) is 11.3 Å². The molecule has 16 heavy (non-hydrogen) atoms. The first-order chi connectivity index (χ1) is 7.81. The topological polar surface area (TPSA) is 27.0 Å². The van der Waals surface area contributed by atoms with Crippen molar-refractivity contribution in [2.75, 3.05) is 20.1 Å². The number of nitriles is 1. The second kappa shape index (κ2) is 5.14. The Hall–Kier alpha value is -1.33. The van der Waals surface area contributed by atoms with Crippen molar-refractivity contribution in [2.24, 2.45) is 0 Å². The van der Waals surface area contributed by atoms with Crippen molar-refractivity contribution in [3.05, 3.63) is 35.4 Å². The van der Waals surface area contributed by atoms with E-state index in [0.717, 1.165) is 6.54 Å². The second-order valence-corrected chi connectivity index (χ2v) is 4.64. The summed E-state index contributed by atoms with van der Waals surface area (Å²) in [6.45, 7) is 1.53. The van der Waals surface area contributed by atoms with Crippen LogP contribution < -0.4 is 0 Å². The predicted molar refractivity (Wildman–Crippen MR) is 65.2 cm³/mol. The zero-order chi connectivity index (χ0) is 11.4. The Kier molecular flexibility index (Phi) is 3.58. The summed E-state index contributed by atoms with van der Waals surface area (Å²) in [7, 11) is 2.03.